The van der Waals surface area contributed by atoms with Crippen molar-refractivity contribution in [2.24, 2.45) is 0 Å². The van der Waals surface area contributed by atoms with Crippen LogP contribution in [0.25, 0.3) is 49.2 Å². The maximum atomic E-state index is 13.7. The first-order valence-corrected chi connectivity index (χ1v) is 13.6. The van der Waals surface area contributed by atoms with Gasteiger partial charge in [0.2, 0.25) is 0 Å². The molecule has 0 aliphatic rings. The molecule has 3 N–H and O–H groups in total. The highest BCUT2D eigenvalue weighted by Crippen LogP contribution is 2.37. The number of benzene rings is 2. The second-order valence-corrected chi connectivity index (χ2v) is 10.3. The molecule has 4 nitrogen and oxygen atoms in total. The molecule has 3 heterocycles. The van der Waals surface area contributed by atoms with E-state index in [2.05, 4.69) is 77.0 Å². The number of aromatic nitrogens is 3. The zero-order valence-electron chi connectivity index (χ0n) is 21.7. The van der Waals surface area contributed by atoms with Gasteiger partial charge in [-0.1, -0.05) is 50.8 Å². The normalized spacial score (nSPS) is 12.4. The Balaban J connectivity index is 1.51. The fourth-order valence-electron chi connectivity index (χ4n) is 4.66. The van der Waals surface area contributed by atoms with Crippen molar-refractivity contribution in [2.45, 2.75) is 33.1 Å². The van der Waals surface area contributed by atoms with Gasteiger partial charge in [0.1, 0.15) is 5.69 Å². The molecule has 5 rings (SSSR count). The van der Waals surface area contributed by atoms with Gasteiger partial charge in [-0.3, -0.25) is 5.10 Å². The second kappa shape index (κ2) is 11.1. The number of unbranched alkanes of at least 4 members (excludes halogenated alkanes) is 1. The number of fused-ring (bicyclic) bond motifs is 2. The van der Waals surface area contributed by atoms with Crippen molar-refractivity contribution in [1.29, 1.82) is 0 Å². The van der Waals surface area contributed by atoms with Crippen molar-refractivity contribution in [3.05, 3.63) is 108 Å². The highest BCUT2D eigenvalue weighted by Gasteiger charge is 2.15. The molecule has 3 aromatic heterocycles. The molecule has 0 bridgehead atoms. The van der Waals surface area contributed by atoms with Gasteiger partial charge in [-0.05, 0) is 79.5 Å². The van der Waals surface area contributed by atoms with Gasteiger partial charge in [0.15, 0.2) is 5.13 Å². The van der Waals surface area contributed by atoms with E-state index in [4.69, 9.17) is 0 Å². The molecule has 2 aromatic carbocycles. The third-order valence-electron chi connectivity index (χ3n) is 6.65. The van der Waals surface area contributed by atoms with E-state index < -0.39 is 0 Å². The smallest absolute Gasteiger partial charge is 0.176 e. The van der Waals surface area contributed by atoms with E-state index in [0.29, 0.717) is 0 Å². The van der Waals surface area contributed by atoms with E-state index in [1.165, 1.54) is 6.07 Å². The second-order valence-electron chi connectivity index (χ2n) is 9.27. The lowest BCUT2D eigenvalue weighted by Crippen LogP contribution is -2.10. The Morgan fingerprint density at radius 1 is 1.11 bits per heavy atom. The van der Waals surface area contributed by atoms with Crippen molar-refractivity contribution >= 4 is 38.7 Å². The predicted octanol–water partition coefficient (Wildman–Crippen LogP) is 9.35. The van der Waals surface area contributed by atoms with Gasteiger partial charge in [0.05, 0.1) is 11.2 Å². The Labute approximate surface area is 226 Å². The number of nitrogens with zero attached hydrogens (tertiary/aromatic N) is 1. The lowest BCUT2D eigenvalue weighted by Gasteiger charge is -2.11. The van der Waals surface area contributed by atoms with Gasteiger partial charge in [-0.2, -0.15) is 9.49 Å². The number of halogens is 1. The monoisotopic (exact) mass is 522 g/mol. The highest BCUT2D eigenvalue weighted by molar-refractivity contribution is 7.14. The molecule has 0 amide bonds. The summed E-state index contributed by atoms with van der Waals surface area (Å²) in [6.07, 6.45) is 9.18. The molecular weight excluding hydrogens is 491 g/mol. The summed E-state index contributed by atoms with van der Waals surface area (Å²) in [5.41, 5.74) is 8.76. The van der Waals surface area contributed by atoms with Crippen molar-refractivity contribution < 1.29 is 4.39 Å². The molecule has 38 heavy (non-hydrogen) atoms. The Morgan fingerprint density at radius 3 is 2.71 bits per heavy atom. The van der Waals surface area contributed by atoms with Crippen LogP contribution in [0, 0.1) is 5.13 Å². The molecule has 192 valence electrons. The molecule has 0 radical (unpaired) electrons. The van der Waals surface area contributed by atoms with E-state index in [1.807, 2.05) is 37.3 Å². The zero-order chi connectivity index (χ0) is 26.6. The molecule has 0 atom stereocenters. The standard InChI is InChI=1S/C32H31FN4S/c1-5-8-10-20(4)34-23(7-3)17-21(6-2)22-13-14-28-26(18-22)32(37-36-28)29-19-25-24(11-9-12-27(25)35-29)30-15-16-31(33)38-30/h6-7,9,11-19,34-35H,3-5,8,10H2,1-2H3,(H,36,37)/b21-6+,23-17+. The number of aromatic amines is 2. The predicted molar refractivity (Wildman–Crippen MR) is 160 cm³/mol. The first-order valence-electron chi connectivity index (χ1n) is 12.8. The number of allylic oxidation sites excluding steroid dienone is 5. The molecule has 0 saturated heterocycles. The minimum Gasteiger partial charge on any atom is -0.359 e. The molecule has 0 unspecified atom stereocenters. The number of rotatable bonds is 10. The van der Waals surface area contributed by atoms with Gasteiger partial charge in [-0.15, -0.1) is 11.3 Å². The Kier molecular flexibility index (Phi) is 7.43. The van der Waals surface area contributed by atoms with Gasteiger partial charge in [-0.25, -0.2) is 0 Å². The van der Waals surface area contributed by atoms with Crippen LogP contribution in [0.1, 0.15) is 38.7 Å². The quantitative estimate of drug-likeness (QED) is 0.160. The van der Waals surface area contributed by atoms with Crippen LogP contribution in [0.5, 0.6) is 0 Å². The van der Waals surface area contributed by atoms with E-state index in [-0.39, 0.29) is 5.13 Å². The molecule has 0 spiro atoms. The molecular formula is C32H31FN4S. The summed E-state index contributed by atoms with van der Waals surface area (Å²) in [5, 5.41) is 13.1. The number of thiophene rings is 1. The van der Waals surface area contributed by atoms with Crippen LogP contribution in [0.2, 0.25) is 0 Å². The van der Waals surface area contributed by atoms with Gasteiger partial charge >= 0.3 is 0 Å². The number of hydrogen-bond acceptors (Lipinski definition) is 3. The van der Waals surface area contributed by atoms with E-state index >= 15 is 0 Å². The van der Waals surface area contributed by atoms with Crippen molar-refractivity contribution in [2.75, 3.05) is 0 Å². The zero-order valence-corrected chi connectivity index (χ0v) is 22.5. The first-order chi connectivity index (χ1) is 18.5. The van der Waals surface area contributed by atoms with Crippen LogP contribution < -0.4 is 5.32 Å². The summed E-state index contributed by atoms with van der Waals surface area (Å²) < 4.78 is 13.7. The van der Waals surface area contributed by atoms with Crippen LogP contribution in [0.3, 0.4) is 0 Å². The highest BCUT2D eigenvalue weighted by atomic mass is 32.1. The summed E-state index contributed by atoms with van der Waals surface area (Å²) in [6.45, 7) is 12.3. The Bertz CT molecular complexity index is 1690. The SMILES string of the molecule is C=C/C(=C\C(=C/C)c1ccc2[nH]nc(-c3cc4c(-c5ccc(F)s5)cccc4[nH]3)c2c1)NC(=C)CCCC. The molecule has 0 aliphatic carbocycles. The van der Waals surface area contributed by atoms with E-state index in [9.17, 15) is 4.39 Å². The largest absolute Gasteiger partial charge is 0.359 e. The number of nitrogens with one attached hydrogen (secondary N) is 3. The van der Waals surface area contributed by atoms with Gasteiger partial charge in [0, 0.05) is 38.1 Å². The molecule has 0 aliphatic heterocycles. The summed E-state index contributed by atoms with van der Waals surface area (Å²) in [5.74, 6) is 0. The topological polar surface area (TPSA) is 56.5 Å². The lowest BCUT2D eigenvalue weighted by atomic mass is 10.0. The molecule has 0 fully saturated rings. The third kappa shape index (κ3) is 5.13. The molecule has 6 heteroatoms. The van der Waals surface area contributed by atoms with E-state index in [0.717, 1.165) is 96.8 Å². The molecule has 0 saturated carbocycles. The fourth-order valence-corrected chi connectivity index (χ4v) is 5.43. The van der Waals surface area contributed by atoms with Crippen molar-refractivity contribution in [3.63, 3.8) is 0 Å². The first kappa shape index (κ1) is 25.5. The van der Waals surface area contributed by atoms with Gasteiger partial charge in [0.25, 0.3) is 0 Å². The van der Waals surface area contributed by atoms with Crippen molar-refractivity contribution in [3.8, 4) is 21.8 Å². The summed E-state index contributed by atoms with van der Waals surface area (Å²) in [7, 11) is 0. The third-order valence-corrected chi connectivity index (χ3v) is 7.56. The Hall–Kier alpha value is -4.16. The van der Waals surface area contributed by atoms with Gasteiger partial charge < -0.3 is 10.3 Å². The number of hydrogen-bond donors (Lipinski definition) is 3. The average molecular weight is 523 g/mol. The van der Waals surface area contributed by atoms with Crippen LogP contribution in [-0.4, -0.2) is 15.2 Å². The van der Waals surface area contributed by atoms with Crippen LogP contribution in [0.4, 0.5) is 4.39 Å². The van der Waals surface area contributed by atoms with Crippen LogP contribution in [0.15, 0.2) is 97.4 Å². The summed E-state index contributed by atoms with van der Waals surface area (Å²) in [6, 6.07) is 17.8. The van der Waals surface area contributed by atoms with Crippen LogP contribution in [-0.2, 0) is 0 Å². The average Bonchev–Trinajstić information content (AvgIpc) is 3.66. The van der Waals surface area contributed by atoms with E-state index in [1.54, 1.807) is 0 Å². The fraction of sp³-hybridized carbons (Fsp3) is 0.156. The minimum atomic E-state index is -0.187. The number of H-pyrrole nitrogens is 2. The summed E-state index contributed by atoms with van der Waals surface area (Å²) in [4.78, 5) is 4.42. The Morgan fingerprint density at radius 2 is 1.97 bits per heavy atom. The lowest BCUT2D eigenvalue weighted by molar-refractivity contribution is 0.657. The van der Waals surface area contributed by atoms with Crippen LogP contribution >= 0.6 is 11.3 Å². The van der Waals surface area contributed by atoms with Crippen molar-refractivity contribution in [1.82, 2.24) is 20.5 Å². The minimum absolute atomic E-state index is 0.187. The maximum Gasteiger partial charge on any atom is 0.176 e. The maximum absolute atomic E-state index is 13.7. The summed E-state index contributed by atoms with van der Waals surface area (Å²) >= 11 is 1.15. The molecule has 5 aromatic rings.